The van der Waals surface area contributed by atoms with Crippen molar-refractivity contribution in [2.75, 3.05) is 5.32 Å². The van der Waals surface area contributed by atoms with Crippen LogP contribution in [0.25, 0.3) is 11.0 Å². The molecule has 7 heteroatoms. The largest absolute Gasteiger partial charge is 0.619 e. The van der Waals surface area contributed by atoms with Crippen LogP contribution in [0.4, 0.5) is 5.95 Å². The average molecular weight is 407 g/mol. The van der Waals surface area contributed by atoms with Crippen molar-refractivity contribution in [2.24, 2.45) is 0 Å². The molecule has 0 unspecified atom stereocenters. The summed E-state index contributed by atoms with van der Waals surface area (Å²) in [4.78, 5) is 17.2. The van der Waals surface area contributed by atoms with Crippen LogP contribution >= 0.6 is 11.6 Å². The van der Waals surface area contributed by atoms with Crippen molar-refractivity contribution >= 4 is 34.5 Å². The molecular formula is C22H19ClN4O2. The SMILES string of the molecule is O=C(Nc1nc2cc(Cl)ccc2n1CCCc1ccccc1)c1cc[n+]([O-])cc1. The van der Waals surface area contributed by atoms with Gasteiger partial charge in [-0.25, -0.2) is 4.98 Å². The molecule has 0 aliphatic rings. The number of anilines is 1. The number of fused-ring (bicyclic) bond motifs is 1. The van der Waals surface area contributed by atoms with Crippen LogP contribution < -0.4 is 10.0 Å². The number of pyridine rings is 1. The molecule has 146 valence electrons. The first-order valence-electron chi connectivity index (χ1n) is 9.30. The van der Waals surface area contributed by atoms with Gasteiger partial charge in [0.2, 0.25) is 5.95 Å². The number of benzene rings is 2. The molecule has 2 aromatic carbocycles. The van der Waals surface area contributed by atoms with Crippen LogP contribution in [0.2, 0.25) is 5.02 Å². The number of amides is 1. The Hall–Kier alpha value is -3.38. The molecule has 0 radical (unpaired) electrons. The van der Waals surface area contributed by atoms with Crippen LogP contribution in [0.5, 0.6) is 0 Å². The summed E-state index contributed by atoms with van der Waals surface area (Å²) in [7, 11) is 0. The number of carbonyl (C=O) groups excluding carboxylic acids is 1. The zero-order valence-corrected chi connectivity index (χ0v) is 16.3. The van der Waals surface area contributed by atoms with E-state index in [4.69, 9.17) is 11.6 Å². The van der Waals surface area contributed by atoms with E-state index in [1.165, 1.54) is 30.1 Å². The van der Waals surface area contributed by atoms with E-state index in [1.807, 2.05) is 34.9 Å². The minimum atomic E-state index is -0.323. The van der Waals surface area contributed by atoms with Crippen LogP contribution in [0.3, 0.4) is 0 Å². The number of carbonyl (C=O) groups is 1. The van der Waals surface area contributed by atoms with Gasteiger partial charge in [-0.3, -0.25) is 10.1 Å². The van der Waals surface area contributed by atoms with E-state index in [9.17, 15) is 10.0 Å². The number of halogens is 1. The molecular weight excluding hydrogens is 388 g/mol. The monoisotopic (exact) mass is 406 g/mol. The smallest absolute Gasteiger partial charge is 0.258 e. The van der Waals surface area contributed by atoms with Crippen molar-refractivity contribution in [2.45, 2.75) is 19.4 Å². The number of hydrogen-bond donors (Lipinski definition) is 1. The van der Waals surface area contributed by atoms with Gasteiger partial charge < -0.3 is 9.77 Å². The van der Waals surface area contributed by atoms with Gasteiger partial charge in [0, 0.05) is 23.7 Å². The average Bonchev–Trinajstić information content (AvgIpc) is 3.05. The molecule has 0 bridgehead atoms. The summed E-state index contributed by atoms with van der Waals surface area (Å²) in [6.45, 7) is 0.692. The molecule has 1 amide bonds. The lowest BCUT2D eigenvalue weighted by molar-refractivity contribution is -0.605. The second-order valence-corrected chi connectivity index (χ2v) is 7.15. The molecule has 4 rings (SSSR count). The van der Waals surface area contributed by atoms with Gasteiger partial charge in [-0.2, -0.15) is 4.73 Å². The highest BCUT2D eigenvalue weighted by Gasteiger charge is 2.15. The minimum absolute atomic E-state index is 0.323. The van der Waals surface area contributed by atoms with Gasteiger partial charge in [-0.1, -0.05) is 41.9 Å². The Morgan fingerprint density at radius 2 is 1.86 bits per heavy atom. The lowest BCUT2D eigenvalue weighted by Gasteiger charge is -2.10. The third-order valence-corrected chi connectivity index (χ3v) is 4.92. The van der Waals surface area contributed by atoms with Gasteiger partial charge in [0.05, 0.1) is 16.6 Å². The zero-order chi connectivity index (χ0) is 20.2. The van der Waals surface area contributed by atoms with Crippen molar-refractivity contribution in [3.05, 3.63) is 94.4 Å². The van der Waals surface area contributed by atoms with E-state index in [0.717, 1.165) is 23.9 Å². The lowest BCUT2D eigenvalue weighted by Crippen LogP contribution is -2.25. The fourth-order valence-corrected chi connectivity index (χ4v) is 3.41. The first-order chi connectivity index (χ1) is 14.1. The van der Waals surface area contributed by atoms with E-state index in [2.05, 4.69) is 22.4 Å². The summed E-state index contributed by atoms with van der Waals surface area (Å²) in [5.74, 6) is 0.135. The molecule has 0 atom stereocenters. The molecule has 1 N–H and O–H groups in total. The summed E-state index contributed by atoms with van der Waals surface area (Å²) in [6, 6.07) is 18.7. The zero-order valence-electron chi connectivity index (χ0n) is 15.6. The van der Waals surface area contributed by atoms with E-state index in [-0.39, 0.29) is 5.91 Å². The summed E-state index contributed by atoms with van der Waals surface area (Å²) in [5.41, 5.74) is 3.28. The molecule has 0 fully saturated rings. The number of rotatable bonds is 6. The topological polar surface area (TPSA) is 73.9 Å². The Balaban J connectivity index is 1.59. The van der Waals surface area contributed by atoms with Crippen molar-refractivity contribution in [3.8, 4) is 0 Å². The molecule has 6 nitrogen and oxygen atoms in total. The fourth-order valence-electron chi connectivity index (χ4n) is 3.25. The summed E-state index contributed by atoms with van der Waals surface area (Å²) >= 11 is 6.11. The fraction of sp³-hybridized carbons (Fsp3) is 0.136. The van der Waals surface area contributed by atoms with Crippen LogP contribution in [-0.4, -0.2) is 15.5 Å². The number of aromatic nitrogens is 3. The summed E-state index contributed by atoms with van der Waals surface area (Å²) in [5, 5.41) is 14.6. The van der Waals surface area contributed by atoms with Crippen LogP contribution in [0.15, 0.2) is 73.1 Å². The first kappa shape index (κ1) is 19.0. The molecule has 0 saturated heterocycles. The Morgan fingerprint density at radius 3 is 2.62 bits per heavy atom. The maximum absolute atomic E-state index is 12.6. The minimum Gasteiger partial charge on any atom is -0.619 e. The van der Waals surface area contributed by atoms with E-state index < -0.39 is 0 Å². The Bertz CT molecular complexity index is 1140. The maximum atomic E-state index is 12.6. The molecule has 0 aliphatic heterocycles. The third kappa shape index (κ3) is 4.38. The quantitative estimate of drug-likeness (QED) is 0.385. The van der Waals surface area contributed by atoms with Crippen molar-refractivity contribution in [1.82, 2.24) is 9.55 Å². The van der Waals surface area contributed by atoms with E-state index >= 15 is 0 Å². The highest BCUT2D eigenvalue weighted by molar-refractivity contribution is 6.31. The molecule has 0 saturated carbocycles. The number of nitrogens with zero attached hydrogens (tertiary/aromatic N) is 3. The molecule has 0 aliphatic carbocycles. The molecule has 0 spiro atoms. The van der Waals surface area contributed by atoms with Crippen LogP contribution in [0.1, 0.15) is 22.3 Å². The molecule has 2 heterocycles. The van der Waals surface area contributed by atoms with Gasteiger partial charge in [-0.05, 0) is 36.6 Å². The Morgan fingerprint density at radius 1 is 1.10 bits per heavy atom. The van der Waals surface area contributed by atoms with Crippen LogP contribution in [-0.2, 0) is 13.0 Å². The molecule has 2 aromatic heterocycles. The standard InChI is InChI=1S/C22H19ClN4O2/c23-18-8-9-20-19(15-18)24-22(25-21(28)17-10-13-26(29)14-11-17)27(20)12-4-7-16-5-2-1-3-6-16/h1-3,5-6,8-11,13-15H,4,7,12H2,(H,24,25,28). The highest BCUT2D eigenvalue weighted by atomic mass is 35.5. The molecule has 29 heavy (non-hydrogen) atoms. The van der Waals surface area contributed by atoms with Crippen molar-refractivity contribution < 1.29 is 9.52 Å². The van der Waals surface area contributed by atoms with Gasteiger partial charge in [0.25, 0.3) is 5.91 Å². The maximum Gasteiger partial charge on any atom is 0.258 e. The third-order valence-electron chi connectivity index (χ3n) is 4.69. The van der Waals surface area contributed by atoms with Gasteiger partial charge >= 0.3 is 0 Å². The second-order valence-electron chi connectivity index (χ2n) is 6.71. The number of hydrogen-bond acceptors (Lipinski definition) is 3. The van der Waals surface area contributed by atoms with Crippen molar-refractivity contribution in [1.29, 1.82) is 0 Å². The number of nitrogens with one attached hydrogen (secondary N) is 1. The lowest BCUT2D eigenvalue weighted by atomic mass is 10.1. The normalized spacial score (nSPS) is 10.9. The van der Waals surface area contributed by atoms with Gasteiger partial charge in [0.15, 0.2) is 12.4 Å². The molecule has 4 aromatic rings. The van der Waals surface area contributed by atoms with Gasteiger partial charge in [0.1, 0.15) is 0 Å². The van der Waals surface area contributed by atoms with E-state index in [0.29, 0.717) is 27.8 Å². The number of imidazole rings is 1. The predicted molar refractivity (Wildman–Crippen MR) is 113 cm³/mol. The first-order valence-corrected chi connectivity index (χ1v) is 9.68. The Kier molecular flexibility index (Phi) is 5.44. The Labute approximate surface area is 173 Å². The van der Waals surface area contributed by atoms with Gasteiger partial charge in [-0.15, -0.1) is 0 Å². The summed E-state index contributed by atoms with van der Waals surface area (Å²) < 4.78 is 2.63. The second kappa shape index (κ2) is 8.32. The van der Waals surface area contributed by atoms with Crippen LogP contribution in [0, 0.1) is 5.21 Å². The predicted octanol–water partition coefficient (Wildman–Crippen LogP) is 4.21. The highest BCUT2D eigenvalue weighted by Crippen LogP contribution is 2.24. The van der Waals surface area contributed by atoms with Crippen molar-refractivity contribution in [3.63, 3.8) is 0 Å². The summed E-state index contributed by atoms with van der Waals surface area (Å²) in [6.07, 6.45) is 4.39. The van der Waals surface area contributed by atoms with E-state index in [1.54, 1.807) is 6.07 Å². The number of aryl methyl sites for hydroxylation is 2.